The van der Waals surface area contributed by atoms with Gasteiger partial charge in [0.05, 0.1) is 23.1 Å². The zero-order chi connectivity index (χ0) is 23.5. The van der Waals surface area contributed by atoms with Gasteiger partial charge in [-0.15, -0.1) is 0 Å². The standard InChI is InChI=1S/C24H25N3O4S/c1-5-31-24(28)23-22(19(14-25)15-27(23)4)18-12-10-17(11-13-18)20-8-6-7-9-21(20)26-32(29,30)16(2)3/h6-13,15-16,26H,5H2,1-4H3. The van der Waals surface area contributed by atoms with Gasteiger partial charge in [0.2, 0.25) is 10.0 Å². The van der Waals surface area contributed by atoms with Gasteiger partial charge in [-0.25, -0.2) is 13.2 Å². The van der Waals surface area contributed by atoms with Gasteiger partial charge >= 0.3 is 5.97 Å². The van der Waals surface area contributed by atoms with E-state index in [4.69, 9.17) is 4.74 Å². The van der Waals surface area contributed by atoms with Gasteiger partial charge in [-0.2, -0.15) is 5.26 Å². The average molecular weight is 452 g/mol. The molecule has 0 aliphatic heterocycles. The molecule has 1 aromatic heterocycles. The van der Waals surface area contributed by atoms with Gasteiger partial charge in [-0.05, 0) is 38.0 Å². The van der Waals surface area contributed by atoms with Crippen LogP contribution in [0.5, 0.6) is 0 Å². The Bertz CT molecular complexity index is 1280. The summed E-state index contributed by atoms with van der Waals surface area (Å²) in [6, 6.07) is 16.6. The molecule has 8 heteroatoms. The fourth-order valence-corrected chi connectivity index (χ4v) is 4.08. The molecule has 3 aromatic rings. The zero-order valence-electron chi connectivity index (χ0n) is 18.4. The maximum Gasteiger partial charge on any atom is 0.355 e. The Kier molecular flexibility index (Phi) is 6.70. The van der Waals surface area contributed by atoms with Crippen LogP contribution in [0.15, 0.2) is 54.7 Å². The van der Waals surface area contributed by atoms with Gasteiger partial charge < -0.3 is 9.30 Å². The molecule has 0 aliphatic rings. The van der Waals surface area contributed by atoms with Gasteiger partial charge in [-0.1, -0.05) is 42.5 Å². The second-order valence-corrected chi connectivity index (χ2v) is 9.77. The number of nitrogens with one attached hydrogen (secondary N) is 1. The molecule has 166 valence electrons. The van der Waals surface area contributed by atoms with Crippen LogP contribution >= 0.6 is 0 Å². The SMILES string of the molecule is CCOC(=O)c1c(-c2ccc(-c3ccccc3NS(=O)(=O)C(C)C)cc2)c(C#N)cn1C. The zero-order valence-corrected chi connectivity index (χ0v) is 19.2. The van der Waals surface area contributed by atoms with Gasteiger partial charge in [0.15, 0.2) is 0 Å². The topological polar surface area (TPSA) is 101 Å². The molecule has 7 nitrogen and oxygen atoms in total. The summed E-state index contributed by atoms with van der Waals surface area (Å²) < 4.78 is 34.1. The van der Waals surface area contributed by atoms with Crippen molar-refractivity contribution in [1.82, 2.24) is 4.57 Å². The third-order valence-corrected chi connectivity index (χ3v) is 6.80. The highest BCUT2D eigenvalue weighted by atomic mass is 32.2. The fourth-order valence-electron chi connectivity index (χ4n) is 3.36. The Morgan fingerprint density at radius 1 is 1.12 bits per heavy atom. The number of carbonyl (C=O) groups excluding carboxylic acids is 1. The van der Waals surface area contributed by atoms with Crippen molar-refractivity contribution >= 4 is 21.7 Å². The van der Waals surface area contributed by atoms with Gasteiger partial charge in [0.1, 0.15) is 11.8 Å². The third-order valence-electron chi connectivity index (χ3n) is 5.06. The molecular weight excluding hydrogens is 426 g/mol. The minimum atomic E-state index is -3.50. The summed E-state index contributed by atoms with van der Waals surface area (Å²) in [6.45, 7) is 5.19. The fraction of sp³-hybridized carbons (Fsp3) is 0.250. The van der Waals surface area contributed by atoms with E-state index in [1.54, 1.807) is 50.7 Å². The van der Waals surface area contributed by atoms with Crippen LogP contribution in [-0.2, 0) is 21.8 Å². The van der Waals surface area contributed by atoms with Gasteiger partial charge in [-0.3, -0.25) is 4.72 Å². The Labute approximate surface area is 188 Å². The van der Waals surface area contributed by atoms with Crippen LogP contribution in [0.4, 0.5) is 5.69 Å². The number of hydrogen-bond acceptors (Lipinski definition) is 5. The predicted octanol–water partition coefficient (Wildman–Crippen LogP) is 4.56. The maximum atomic E-state index is 12.5. The summed E-state index contributed by atoms with van der Waals surface area (Å²) >= 11 is 0. The van der Waals surface area contributed by atoms with Crippen molar-refractivity contribution in [3.05, 3.63) is 66.0 Å². The van der Waals surface area contributed by atoms with E-state index in [9.17, 15) is 18.5 Å². The van der Waals surface area contributed by atoms with Crippen molar-refractivity contribution in [3.63, 3.8) is 0 Å². The number of aryl methyl sites for hydroxylation is 1. The molecule has 0 unspecified atom stereocenters. The van der Waals surface area contributed by atoms with E-state index in [0.717, 1.165) is 11.1 Å². The Morgan fingerprint density at radius 3 is 2.34 bits per heavy atom. The molecule has 1 N–H and O–H groups in total. The first-order chi connectivity index (χ1) is 15.2. The molecule has 0 aliphatic carbocycles. The maximum absolute atomic E-state index is 12.5. The van der Waals surface area contributed by atoms with E-state index in [1.807, 2.05) is 36.4 Å². The number of esters is 1. The number of ether oxygens (including phenoxy) is 1. The van der Waals surface area contributed by atoms with Crippen molar-refractivity contribution in [2.75, 3.05) is 11.3 Å². The number of benzene rings is 2. The number of nitriles is 1. The van der Waals surface area contributed by atoms with Crippen molar-refractivity contribution in [1.29, 1.82) is 5.26 Å². The normalized spacial score (nSPS) is 11.2. The van der Waals surface area contributed by atoms with Crippen molar-refractivity contribution in [2.24, 2.45) is 7.05 Å². The van der Waals surface area contributed by atoms with E-state index in [-0.39, 0.29) is 6.61 Å². The number of rotatable bonds is 7. The lowest BCUT2D eigenvalue weighted by Crippen LogP contribution is -2.22. The quantitative estimate of drug-likeness (QED) is 0.531. The Balaban J connectivity index is 2.05. The summed E-state index contributed by atoms with van der Waals surface area (Å²) in [5.74, 6) is -0.496. The monoisotopic (exact) mass is 451 g/mol. The van der Waals surface area contributed by atoms with Crippen molar-refractivity contribution < 1.29 is 17.9 Å². The van der Waals surface area contributed by atoms with Crippen LogP contribution in [0, 0.1) is 11.3 Å². The molecular formula is C24H25N3O4S. The summed E-state index contributed by atoms with van der Waals surface area (Å²) in [7, 11) is -1.80. The summed E-state index contributed by atoms with van der Waals surface area (Å²) in [6.07, 6.45) is 1.60. The lowest BCUT2D eigenvalue weighted by atomic mass is 9.97. The van der Waals surface area contributed by atoms with Crippen LogP contribution in [0.3, 0.4) is 0 Å². The molecule has 0 atom stereocenters. The second kappa shape index (κ2) is 9.28. The molecule has 0 saturated heterocycles. The highest BCUT2D eigenvalue weighted by molar-refractivity contribution is 7.93. The number of hydrogen-bond donors (Lipinski definition) is 1. The number of anilines is 1. The third kappa shape index (κ3) is 4.53. The lowest BCUT2D eigenvalue weighted by Gasteiger charge is -2.15. The first-order valence-electron chi connectivity index (χ1n) is 10.2. The van der Waals surface area contributed by atoms with E-state index < -0.39 is 21.2 Å². The summed E-state index contributed by atoms with van der Waals surface area (Å²) in [5.41, 5.74) is 3.88. The molecule has 1 heterocycles. The molecule has 0 radical (unpaired) electrons. The molecule has 0 saturated carbocycles. The number of nitrogens with zero attached hydrogens (tertiary/aromatic N) is 2. The number of sulfonamides is 1. The smallest absolute Gasteiger partial charge is 0.355 e. The van der Waals surface area contributed by atoms with Crippen LogP contribution in [0.1, 0.15) is 36.8 Å². The van der Waals surface area contributed by atoms with E-state index in [1.165, 1.54) is 0 Å². The molecule has 2 aromatic carbocycles. The Hall–Kier alpha value is -3.57. The second-order valence-electron chi connectivity index (χ2n) is 7.53. The predicted molar refractivity (Wildman–Crippen MR) is 125 cm³/mol. The van der Waals surface area contributed by atoms with Crippen LogP contribution < -0.4 is 4.72 Å². The van der Waals surface area contributed by atoms with Crippen LogP contribution in [0.2, 0.25) is 0 Å². The molecule has 0 amide bonds. The van der Waals surface area contributed by atoms with Gasteiger partial charge in [0, 0.05) is 24.4 Å². The minimum Gasteiger partial charge on any atom is -0.461 e. The van der Waals surface area contributed by atoms with E-state index >= 15 is 0 Å². The molecule has 32 heavy (non-hydrogen) atoms. The molecule has 0 fully saturated rings. The summed E-state index contributed by atoms with van der Waals surface area (Å²) in [5, 5.41) is 9.00. The highest BCUT2D eigenvalue weighted by Crippen LogP contribution is 2.34. The first-order valence-corrected chi connectivity index (χ1v) is 11.7. The molecule has 0 spiro atoms. The number of para-hydroxylation sites is 1. The van der Waals surface area contributed by atoms with Crippen molar-refractivity contribution in [2.45, 2.75) is 26.0 Å². The van der Waals surface area contributed by atoms with E-state index in [0.29, 0.717) is 28.1 Å². The van der Waals surface area contributed by atoms with Crippen molar-refractivity contribution in [3.8, 4) is 28.3 Å². The van der Waals surface area contributed by atoms with E-state index in [2.05, 4.69) is 10.8 Å². The Morgan fingerprint density at radius 2 is 1.75 bits per heavy atom. The van der Waals surface area contributed by atoms with Crippen LogP contribution in [-0.4, -0.2) is 30.8 Å². The average Bonchev–Trinajstić information content (AvgIpc) is 3.10. The van der Waals surface area contributed by atoms with Crippen LogP contribution in [0.25, 0.3) is 22.3 Å². The number of aromatic nitrogens is 1. The highest BCUT2D eigenvalue weighted by Gasteiger charge is 2.23. The summed E-state index contributed by atoms with van der Waals surface area (Å²) in [4.78, 5) is 12.5. The number of carbonyl (C=O) groups is 1. The molecule has 3 rings (SSSR count). The molecule has 0 bridgehead atoms. The van der Waals surface area contributed by atoms with Gasteiger partial charge in [0.25, 0.3) is 0 Å². The first kappa shape index (κ1) is 23.1. The minimum absolute atomic E-state index is 0.230. The lowest BCUT2D eigenvalue weighted by molar-refractivity contribution is 0.0516. The largest absolute Gasteiger partial charge is 0.461 e.